The number of carbonyl (C=O) groups excluding carboxylic acids is 2. The van der Waals surface area contributed by atoms with Crippen LogP contribution in [0.1, 0.15) is 70.8 Å². The minimum Gasteiger partial charge on any atom is -0.339 e. The molecule has 1 spiro atoms. The summed E-state index contributed by atoms with van der Waals surface area (Å²) in [5.74, 6) is 0.145. The lowest BCUT2D eigenvalue weighted by Crippen LogP contribution is -2.46. The highest BCUT2D eigenvalue weighted by Gasteiger charge is 2.44. The number of halogens is 1. The Morgan fingerprint density at radius 2 is 1.91 bits per heavy atom. The molecular weight excluding hydrogens is 444 g/mol. The molecule has 1 saturated heterocycles. The van der Waals surface area contributed by atoms with Gasteiger partial charge in [0.15, 0.2) is 5.78 Å². The number of carbonyl (C=O) groups is 2. The Balaban J connectivity index is 1.34. The van der Waals surface area contributed by atoms with Gasteiger partial charge < -0.3 is 4.90 Å². The highest BCUT2D eigenvalue weighted by Crippen LogP contribution is 2.46. The summed E-state index contributed by atoms with van der Waals surface area (Å²) < 4.78 is 1.73. The summed E-state index contributed by atoms with van der Waals surface area (Å²) >= 11 is 8.09. The maximum Gasteiger partial charge on any atom is 0.253 e. The fraction of sp³-hybridized carbons (Fsp3) is 0.500. The maximum atomic E-state index is 13.2. The number of amides is 1. The Hall–Kier alpha value is -2.25. The fourth-order valence-corrected chi connectivity index (χ4v) is 6.46. The average molecular weight is 471 g/mol. The zero-order valence-electron chi connectivity index (χ0n) is 18.9. The highest BCUT2D eigenvalue weighted by atomic mass is 35.5. The van der Waals surface area contributed by atoms with Crippen molar-refractivity contribution in [1.29, 1.82) is 0 Å². The van der Waals surface area contributed by atoms with E-state index in [0.29, 0.717) is 35.8 Å². The zero-order chi connectivity index (χ0) is 22.8. The standard InChI is InChI=1S/C24H27ClN4O2S/c1-23(2,3)22-27-20-18(30)11-24(12-19(20)32-22)5-7-29(8-6-24)21(31)14-9-16(25)15-13-26-28(4)17(15)10-14/h9-10,13H,5-8,11-12H2,1-4H3. The number of thiazole rings is 1. The number of likely N-dealkylation sites (tertiary alicyclic amines) is 1. The first-order chi connectivity index (χ1) is 15.1. The van der Waals surface area contributed by atoms with E-state index in [0.717, 1.165) is 40.1 Å². The Morgan fingerprint density at radius 3 is 2.59 bits per heavy atom. The van der Waals surface area contributed by atoms with Crippen LogP contribution in [0.4, 0.5) is 0 Å². The van der Waals surface area contributed by atoms with Crippen LogP contribution in [0.25, 0.3) is 10.9 Å². The molecule has 32 heavy (non-hydrogen) atoms. The topological polar surface area (TPSA) is 68.1 Å². The van der Waals surface area contributed by atoms with Crippen molar-refractivity contribution in [2.75, 3.05) is 13.1 Å². The lowest BCUT2D eigenvalue weighted by Gasteiger charge is -2.43. The third kappa shape index (κ3) is 3.55. The van der Waals surface area contributed by atoms with Gasteiger partial charge in [-0.25, -0.2) is 4.98 Å². The number of hydrogen-bond donors (Lipinski definition) is 0. The van der Waals surface area contributed by atoms with E-state index < -0.39 is 0 Å². The second-order valence-corrected chi connectivity index (χ2v) is 11.8. The van der Waals surface area contributed by atoms with Gasteiger partial charge in [0.1, 0.15) is 5.69 Å². The van der Waals surface area contributed by atoms with E-state index >= 15 is 0 Å². The summed E-state index contributed by atoms with van der Waals surface area (Å²) in [6.45, 7) is 7.70. The summed E-state index contributed by atoms with van der Waals surface area (Å²) in [7, 11) is 1.84. The lowest BCUT2D eigenvalue weighted by atomic mass is 9.68. The number of aromatic nitrogens is 3. The van der Waals surface area contributed by atoms with Gasteiger partial charge in [-0.05, 0) is 36.8 Å². The molecule has 5 rings (SSSR count). The third-order valence-corrected chi connectivity index (χ3v) is 8.64. The van der Waals surface area contributed by atoms with Gasteiger partial charge in [0.25, 0.3) is 5.91 Å². The number of rotatable bonds is 1. The number of aryl methyl sites for hydroxylation is 1. The van der Waals surface area contributed by atoms with Crippen molar-refractivity contribution in [3.8, 4) is 0 Å². The van der Waals surface area contributed by atoms with Crippen LogP contribution in [-0.4, -0.2) is 44.4 Å². The van der Waals surface area contributed by atoms with Gasteiger partial charge >= 0.3 is 0 Å². The van der Waals surface area contributed by atoms with E-state index in [1.54, 1.807) is 28.3 Å². The molecule has 2 aromatic heterocycles. The highest BCUT2D eigenvalue weighted by molar-refractivity contribution is 7.12. The quantitative estimate of drug-likeness (QED) is 0.500. The van der Waals surface area contributed by atoms with Crippen LogP contribution in [0.2, 0.25) is 5.02 Å². The van der Waals surface area contributed by atoms with Crippen LogP contribution >= 0.6 is 22.9 Å². The SMILES string of the molecule is Cn1ncc2c(Cl)cc(C(=O)N3CCC4(CC3)CC(=O)c3nc(C(C)(C)C)sc3C4)cc21. The molecule has 168 valence electrons. The predicted molar refractivity (Wildman–Crippen MR) is 127 cm³/mol. The smallest absolute Gasteiger partial charge is 0.253 e. The molecule has 2 aliphatic rings. The van der Waals surface area contributed by atoms with Crippen molar-refractivity contribution in [3.63, 3.8) is 0 Å². The minimum atomic E-state index is -0.0633. The van der Waals surface area contributed by atoms with Crippen LogP contribution < -0.4 is 0 Å². The largest absolute Gasteiger partial charge is 0.339 e. The van der Waals surface area contributed by atoms with Crippen LogP contribution in [-0.2, 0) is 18.9 Å². The van der Waals surface area contributed by atoms with E-state index in [2.05, 4.69) is 30.9 Å². The fourth-order valence-electron chi connectivity index (χ4n) is 4.89. The zero-order valence-corrected chi connectivity index (χ0v) is 20.4. The third-order valence-electron chi connectivity index (χ3n) is 6.85. The number of fused-ring (bicyclic) bond motifs is 2. The molecule has 0 radical (unpaired) electrons. The van der Waals surface area contributed by atoms with Crippen LogP contribution in [0.15, 0.2) is 18.3 Å². The number of nitrogens with zero attached hydrogens (tertiary/aromatic N) is 4. The van der Waals surface area contributed by atoms with Crippen LogP contribution in [0, 0.1) is 5.41 Å². The number of piperidine rings is 1. The molecule has 0 unspecified atom stereocenters. The Morgan fingerprint density at radius 1 is 1.19 bits per heavy atom. The van der Waals surface area contributed by atoms with Gasteiger partial charge in [-0.2, -0.15) is 5.10 Å². The normalized spacial score (nSPS) is 18.4. The molecule has 0 saturated carbocycles. The van der Waals surface area contributed by atoms with Crippen molar-refractivity contribution in [2.45, 2.75) is 51.9 Å². The summed E-state index contributed by atoms with van der Waals surface area (Å²) in [6.07, 6.45) is 4.79. The van der Waals surface area contributed by atoms with E-state index in [1.807, 2.05) is 18.0 Å². The molecule has 0 atom stereocenters. The summed E-state index contributed by atoms with van der Waals surface area (Å²) in [4.78, 5) is 33.9. The van der Waals surface area contributed by atoms with Gasteiger partial charge in [-0.3, -0.25) is 14.3 Å². The minimum absolute atomic E-state index is 0.0134. The summed E-state index contributed by atoms with van der Waals surface area (Å²) in [5, 5.41) is 6.66. The Kier molecular flexibility index (Phi) is 4.98. The van der Waals surface area contributed by atoms with Crippen molar-refractivity contribution in [2.24, 2.45) is 12.5 Å². The maximum absolute atomic E-state index is 13.2. The monoisotopic (exact) mass is 470 g/mol. The molecule has 3 heterocycles. The van der Waals surface area contributed by atoms with Crippen molar-refractivity contribution in [3.05, 3.63) is 44.5 Å². The summed E-state index contributed by atoms with van der Waals surface area (Å²) in [6, 6.07) is 3.60. The molecule has 1 fully saturated rings. The molecule has 1 amide bonds. The molecule has 0 bridgehead atoms. The second-order valence-electron chi connectivity index (χ2n) is 10.3. The van der Waals surface area contributed by atoms with E-state index in [4.69, 9.17) is 11.6 Å². The lowest BCUT2D eigenvalue weighted by molar-refractivity contribution is 0.0522. The second kappa shape index (κ2) is 7.39. The van der Waals surface area contributed by atoms with Crippen molar-refractivity contribution >= 4 is 45.5 Å². The van der Waals surface area contributed by atoms with Crippen LogP contribution in [0.5, 0.6) is 0 Å². The predicted octanol–water partition coefficient (Wildman–Crippen LogP) is 5.03. The van der Waals surface area contributed by atoms with Crippen molar-refractivity contribution < 1.29 is 9.59 Å². The van der Waals surface area contributed by atoms with Crippen molar-refractivity contribution in [1.82, 2.24) is 19.7 Å². The number of benzene rings is 1. The van der Waals surface area contributed by atoms with E-state index in [-0.39, 0.29) is 22.5 Å². The molecule has 3 aromatic rings. The van der Waals surface area contributed by atoms with Gasteiger partial charge in [0.2, 0.25) is 0 Å². The average Bonchev–Trinajstić information content (AvgIpc) is 3.32. The Labute approximate surface area is 196 Å². The molecular formula is C24H27ClN4O2S. The molecule has 1 aliphatic heterocycles. The molecule has 1 aliphatic carbocycles. The van der Waals surface area contributed by atoms with Gasteiger partial charge in [0, 0.05) is 47.8 Å². The molecule has 8 heteroatoms. The van der Waals surface area contributed by atoms with Gasteiger partial charge in [-0.1, -0.05) is 32.4 Å². The summed E-state index contributed by atoms with van der Waals surface area (Å²) in [5.41, 5.74) is 2.00. The number of Topliss-reactive ketones (excluding diaryl/α,β-unsaturated/α-hetero) is 1. The van der Waals surface area contributed by atoms with Gasteiger partial charge in [0.05, 0.1) is 21.7 Å². The first-order valence-corrected chi connectivity index (χ1v) is 12.2. The molecule has 1 aromatic carbocycles. The van der Waals surface area contributed by atoms with E-state index in [9.17, 15) is 9.59 Å². The molecule has 0 N–H and O–H groups in total. The number of ketones is 1. The van der Waals surface area contributed by atoms with Gasteiger partial charge in [-0.15, -0.1) is 11.3 Å². The van der Waals surface area contributed by atoms with E-state index in [1.165, 1.54) is 0 Å². The molecule has 6 nitrogen and oxygen atoms in total. The Bertz CT molecular complexity index is 1240. The van der Waals surface area contributed by atoms with Crippen LogP contribution in [0.3, 0.4) is 0 Å². The number of hydrogen-bond acceptors (Lipinski definition) is 5. The first-order valence-electron chi connectivity index (χ1n) is 11.0. The first kappa shape index (κ1) is 21.6.